The van der Waals surface area contributed by atoms with Crippen molar-refractivity contribution in [3.8, 4) is 5.75 Å². The first-order chi connectivity index (χ1) is 15.2. The molecule has 3 heterocycles. The van der Waals surface area contributed by atoms with E-state index in [1.165, 1.54) is 12.4 Å². The number of nitrogens with one attached hydrogen (secondary N) is 1. The lowest BCUT2D eigenvalue weighted by Gasteiger charge is -2.41. The molecule has 1 aliphatic rings. The zero-order chi connectivity index (χ0) is 22.9. The molecule has 3 aromatic rings. The summed E-state index contributed by atoms with van der Waals surface area (Å²) >= 11 is 0. The van der Waals surface area contributed by atoms with Crippen molar-refractivity contribution >= 4 is 23.0 Å². The van der Waals surface area contributed by atoms with Crippen LogP contribution in [0.4, 0.5) is 30.2 Å². The maximum Gasteiger partial charge on any atom is 0.417 e. The molecule has 1 aromatic carbocycles. The van der Waals surface area contributed by atoms with Gasteiger partial charge in [0.15, 0.2) is 0 Å². The molecule has 0 saturated carbocycles. The normalized spacial score (nSPS) is 14.1. The molecule has 4 rings (SSSR count). The molecule has 1 aliphatic heterocycles. The standard InChI is InChI=1S/C22H20F3N5O2/c1-13-2-3-19(21(31)29-16-5-14(7-27-9-16)22(23,24)25)20(4-13)30-11-18(12-30)32-17-6-15(26)8-28-10-17/h2-10,18H,11-12,26H2,1H3,(H,29,31). The number of nitrogens with zero attached hydrogens (tertiary/aromatic N) is 3. The summed E-state index contributed by atoms with van der Waals surface area (Å²) in [6.45, 7) is 2.96. The van der Waals surface area contributed by atoms with Crippen molar-refractivity contribution in [2.24, 2.45) is 0 Å². The van der Waals surface area contributed by atoms with Crippen LogP contribution in [-0.2, 0) is 6.18 Å². The number of pyridine rings is 2. The predicted molar refractivity (Wildman–Crippen MR) is 114 cm³/mol. The van der Waals surface area contributed by atoms with E-state index in [2.05, 4.69) is 15.3 Å². The highest BCUT2D eigenvalue weighted by molar-refractivity contribution is 6.08. The van der Waals surface area contributed by atoms with Gasteiger partial charge in [-0.1, -0.05) is 6.07 Å². The van der Waals surface area contributed by atoms with Crippen LogP contribution in [0.15, 0.2) is 55.1 Å². The van der Waals surface area contributed by atoms with E-state index in [1.807, 2.05) is 17.9 Å². The van der Waals surface area contributed by atoms with E-state index in [0.29, 0.717) is 42.0 Å². The first-order valence-electron chi connectivity index (χ1n) is 9.75. The van der Waals surface area contributed by atoms with Crippen molar-refractivity contribution < 1.29 is 22.7 Å². The molecule has 0 bridgehead atoms. The number of rotatable bonds is 5. The third-order valence-corrected chi connectivity index (χ3v) is 4.95. The summed E-state index contributed by atoms with van der Waals surface area (Å²) in [5, 5.41) is 2.51. The summed E-state index contributed by atoms with van der Waals surface area (Å²) in [4.78, 5) is 22.4. The minimum Gasteiger partial charge on any atom is -0.485 e. The van der Waals surface area contributed by atoms with Gasteiger partial charge in [-0.2, -0.15) is 13.2 Å². The molecule has 0 spiro atoms. The molecular formula is C22H20F3N5O2. The molecule has 166 valence electrons. The second-order valence-corrected chi connectivity index (χ2v) is 7.53. The number of hydrogen-bond donors (Lipinski definition) is 2. The molecule has 1 fully saturated rings. The van der Waals surface area contributed by atoms with Gasteiger partial charge in [0.1, 0.15) is 11.9 Å². The molecule has 3 N–H and O–H groups in total. The number of anilines is 3. The van der Waals surface area contributed by atoms with Gasteiger partial charge in [-0.15, -0.1) is 0 Å². The number of nitrogen functional groups attached to an aromatic ring is 1. The predicted octanol–water partition coefficient (Wildman–Crippen LogP) is 3.91. The fraction of sp³-hybridized carbons (Fsp3) is 0.227. The van der Waals surface area contributed by atoms with Crippen LogP contribution in [0.1, 0.15) is 21.5 Å². The summed E-state index contributed by atoms with van der Waals surface area (Å²) in [6, 6.07) is 7.82. The maximum absolute atomic E-state index is 12.9. The first-order valence-corrected chi connectivity index (χ1v) is 9.75. The Morgan fingerprint density at radius 1 is 1.12 bits per heavy atom. The Hall–Kier alpha value is -3.82. The monoisotopic (exact) mass is 443 g/mol. The summed E-state index contributed by atoms with van der Waals surface area (Å²) < 4.78 is 44.6. The second-order valence-electron chi connectivity index (χ2n) is 7.53. The van der Waals surface area contributed by atoms with Crippen LogP contribution in [-0.4, -0.2) is 35.1 Å². The largest absolute Gasteiger partial charge is 0.485 e. The second kappa shape index (κ2) is 8.37. The number of amides is 1. The van der Waals surface area contributed by atoms with E-state index in [9.17, 15) is 18.0 Å². The number of alkyl halides is 3. The summed E-state index contributed by atoms with van der Waals surface area (Å²) in [5.41, 5.74) is 7.21. The van der Waals surface area contributed by atoms with Crippen LogP contribution in [0.25, 0.3) is 0 Å². The van der Waals surface area contributed by atoms with Crippen LogP contribution >= 0.6 is 0 Å². The lowest BCUT2D eigenvalue weighted by atomic mass is 10.0. The van der Waals surface area contributed by atoms with Crippen molar-refractivity contribution in [2.45, 2.75) is 19.2 Å². The van der Waals surface area contributed by atoms with Gasteiger partial charge < -0.3 is 20.7 Å². The quantitative estimate of drug-likeness (QED) is 0.621. The van der Waals surface area contributed by atoms with Gasteiger partial charge in [-0.3, -0.25) is 14.8 Å². The third-order valence-electron chi connectivity index (χ3n) is 4.95. The number of benzene rings is 1. The van der Waals surface area contributed by atoms with E-state index in [1.54, 1.807) is 24.4 Å². The molecule has 32 heavy (non-hydrogen) atoms. The molecule has 10 heteroatoms. The Labute approximate surface area is 182 Å². The lowest BCUT2D eigenvalue weighted by Crippen LogP contribution is -2.54. The number of hydrogen-bond acceptors (Lipinski definition) is 6. The van der Waals surface area contributed by atoms with Crippen molar-refractivity contribution in [1.82, 2.24) is 9.97 Å². The molecule has 0 atom stereocenters. The Balaban J connectivity index is 1.48. The fourth-order valence-electron chi connectivity index (χ4n) is 3.36. The van der Waals surface area contributed by atoms with Crippen molar-refractivity contribution in [1.29, 1.82) is 0 Å². The van der Waals surface area contributed by atoms with Crippen molar-refractivity contribution in [3.05, 3.63) is 71.8 Å². The molecule has 7 nitrogen and oxygen atoms in total. The van der Waals surface area contributed by atoms with Crippen molar-refractivity contribution in [2.75, 3.05) is 29.0 Å². The van der Waals surface area contributed by atoms with E-state index in [4.69, 9.17) is 10.5 Å². The van der Waals surface area contributed by atoms with Crippen LogP contribution in [0, 0.1) is 6.92 Å². The summed E-state index contributed by atoms with van der Waals surface area (Å²) in [5.74, 6) is 0.0411. The highest BCUT2D eigenvalue weighted by Crippen LogP contribution is 2.32. The van der Waals surface area contributed by atoms with E-state index in [0.717, 1.165) is 11.6 Å². The molecule has 1 saturated heterocycles. The number of halogens is 3. The number of ether oxygens (including phenoxy) is 1. The van der Waals surface area contributed by atoms with Gasteiger partial charge in [-0.25, -0.2) is 0 Å². The smallest absolute Gasteiger partial charge is 0.417 e. The number of aryl methyl sites for hydroxylation is 1. The highest BCUT2D eigenvalue weighted by atomic mass is 19.4. The average Bonchev–Trinajstić information content (AvgIpc) is 2.70. The van der Waals surface area contributed by atoms with Gasteiger partial charge in [0.05, 0.1) is 59.9 Å². The zero-order valence-corrected chi connectivity index (χ0v) is 17.1. The maximum atomic E-state index is 12.9. The Kier molecular flexibility index (Phi) is 5.60. The number of carbonyl (C=O) groups excluding carboxylic acids is 1. The Morgan fingerprint density at radius 2 is 1.88 bits per heavy atom. The van der Waals surface area contributed by atoms with E-state index < -0.39 is 17.6 Å². The molecule has 0 radical (unpaired) electrons. The molecule has 2 aromatic heterocycles. The number of aromatic nitrogens is 2. The van der Waals surface area contributed by atoms with Crippen LogP contribution in [0.3, 0.4) is 0 Å². The van der Waals surface area contributed by atoms with Gasteiger partial charge in [0.25, 0.3) is 5.91 Å². The van der Waals surface area contributed by atoms with Crippen molar-refractivity contribution in [3.63, 3.8) is 0 Å². The van der Waals surface area contributed by atoms with Crippen LogP contribution < -0.4 is 20.7 Å². The summed E-state index contributed by atoms with van der Waals surface area (Å²) in [7, 11) is 0. The minimum absolute atomic E-state index is 0.0321. The average molecular weight is 443 g/mol. The van der Waals surface area contributed by atoms with Gasteiger partial charge in [-0.05, 0) is 30.7 Å². The number of carbonyl (C=O) groups is 1. The highest BCUT2D eigenvalue weighted by Gasteiger charge is 2.33. The molecule has 0 aliphatic carbocycles. The van der Waals surface area contributed by atoms with Crippen LogP contribution in [0.5, 0.6) is 5.75 Å². The number of nitrogens with two attached hydrogens (primary N) is 1. The topological polar surface area (TPSA) is 93.4 Å². The van der Waals surface area contributed by atoms with E-state index in [-0.39, 0.29) is 11.8 Å². The van der Waals surface area contributed by atoms with Gasteiger partial charge in [0, 0.05) is 12.3 Å². The summed E-state index contributed by atoms with van der Waals surface area (Å²) in [6.07, 6.45) is 0.332. The van der Waals surface area contributed by atoms with Crippen LogP contribution in [0.2, 0.25) is 0 Å². The minimum atomic E-state index is -4.55. The Bertz CT molecular complexity index is 1150. The van der Waals surface area contributed by atoms with Gasteiger partial charge >= 0.3 is 6.18 Å². The molecular weight excluding hydrogens is 423 g/mol. The zero-order valence-electron chi connectivity index (χ0n) is 17.1. The fourth-order valence-corrected chi connectivity index (χ4v) is 3.36. The lowest BCUT2D eigenvalue weighted by molar-refractivity contribution is -0.137. The Morgan fingerprint density at radius 3 is 2.59 bits per heavy atom. The van der Waals surface area contributed by atoms with E-state index >= 15 is 0 Å². The molecule has 0 unspecified atom stereocenters. The third kappa shape index (κ3) is 4.74. The first kappa shape index (κ1) is 21.4. The SMILES string of the molecule is Cc1ccc(C(=O)Nc2cncc(C(F)(F)F)c2)c(N2CC(Oc3cncc(N)c3)C2)c1. The van der Waals surface area contributed by atoms with Gasteiger partial charge in [0.2, 0.25) is 0 Å². The molecule has 1 amide bonds.